The summed E-state index contributed by atoms with van der Waals surface area (Å²) in [4.78, 5) is 18.3. The normalized spacial score (nSPS) is 34.3. The van der Waals surface area contributed by atoms with Gasteiger partial charge in [-0.2, -0.15) is 4.52 Å². The van der Waals surface area contributed by atoms with Gasteiger partial charge in [0.05, 0.1) is 16.7 Å². The zero-order valence-electron chi connectivity index (χ0n) is 17.3. The van der Waals surface area contributed by atoms with Crippen molar-refractivity contribution in [2.24, 2.45) is 5.92 Å². The van der Waals surface area contributed by atoms with E-state index in [1.54, 1.807) is 6.07 Å². The van der Waals surface area contributed by atoms with Gasteiger partial charge in [0, 0.05) is 30.1 Å². The molecule has 0 unspecified atom stereocenters. The summed E-state index contributed by atoms with van der Waals surface area (Å²) in [6, 6.07) is 3.52. The smallest absolute Gasteiger partial charge is 0.256 e. The topological polar surface area (TPSA) is 129 Å². The van der Waals surface area contributed by atoms with Crippen LogP contribution in [0.25, 0.3) is 5.78 Å². The van der Waals surface area contributed by atoms with E-state index in [1.165, 1.54) is 17.4 Å². The molecule has 1 spiro atoms. The van der Waals surface area contributed by atoms with E-state index in [4.69, 9.17) is 4.74 Å². The Kier molecular flexibility index (Phi) is 2.92. The molecule has 4 heterocycles. The highest BCUT2D eigenvalue weighted by molar-refractivity contribution is 5.64. The molecule has 2 fully saturated rings. The van der Waals surface area contributed by atoms with Gasteiger partial charge >= 0.3 is 0 Å². The number of aromatic nitrogens is 5. The number of nitrogens with one attached hydrogen (secondary N) is 1. The second-order valence-corrected chi connectivity index (χ2v) is 10.2. The van der Waals surface area contributed by atoms with Gasteiger partial charge in [-0.1, -0.05) is 11.2 Å². The van der Waals surface area contributed by atoms with Crippen molar-refractivity contribution in [1.82, 2.24) is 29.9 Å². The Labute approximate surface area is 181 Å². The number of phenolic OH excluding ortho intramolecular Hbond substituents is 1. The van der Waals surface area contributed by atoms with Gasteiger partial charge in [0.15, 0.2) is 17.6 Å². The number of piperidine rings is 1. The first-order valence-corrected chi connectivity index (χ1v) is 11.3. The zero-order chi connectivity index (χ0) is 21.4. The van der Waals surface area contributed by atoms with Crippen LogP contribution in [0, 0.1) is 5.92 Å². The standard InChI is InChI=1S/C22H22N6O4/c29-13-4-3-11-7-14-22(31)8-12-16(28-20(23-19(12)30)24-25-26-28)18-21(22,15(11)17(13)32-18)5-6-27(14)9-10-1-2-10/h3-4,10,14,18,29,31H,1-2,5-9H2,(H,23,24,26,30)/t14-,18+,21+,22-/m1/s1. The molecule has 2 aliphatic heterocycles. The predicted octanol–water partition coefficient (Wildman–Crippen LogP) is 0.217. The van der Waals surface area contributed by atoms with Crippen molar-refractivity contribution in [2.45, 2.75) is 55.3 Å². The number of phenols is 1. The van der Waals surface area contributed by atoms with E-state index in [0.717, 1.165) is 24.2 Å². The van der Waals surface area contributed by atoms with E-state index < -0.39 is 17.1 Å². The van der Waals surface area contributed by atoms with Gasteiger partial charge in [-0.05, 0) is 60.2 Å². The maximum absolute atomic E-state index is 13.1. The van der Waals surface area contributed by atoms with E-state index in [-0.39, 0.29) is 29.5 Å². The first-order valence-electron chi connectivity index (χ1n) is 11.3. The number of rotatable bonds is 2. The molecule has 164 valence electrons. The minimum atomic E-state index is -1.20. The lowest BCUT2D eigenvalue weighted by Gasteiger charge is -2.62. The average Bonchev–Trinajstić information content (AvgIpc) is 3.33. The number of benzene rings is 1. The number of ether oxygens (including phenoxy) is 1. The number of fused-ring (bicyclic) bond motifs is 4. The lowest BCUT2D eigenvalue weighted by molar-refractivity contribution is -0.174. The van der Waals surface area contributed by atoms with Crippen molar-refractivity contribution in [3.05, 3.63) is 44.9 Å². The van der Waals surface area contributed by atoms with Crippen LogP contribution in [0.1, 0.15) is 47.8 Å². The van der Waals surface area contributed by atoms with Gasteiger partial charge in [-0.3, -0.25) is 14.7 Å². The second-order valence-electron chi connectivity index (χ2n) is 10.2. The third-order valence-corrected chi connectivity index (χ3v) is 8.71. The lowest BCUT2D eigenvalue weighted by Crippen LogP contribution is -2.75. The van der Waals surface area contributed by atoms with Crippen molar-refractivity contribution in [1.29, 1.82) is 0 Å². The molecule has 8 rings (SSSR count). The summed E-state index contributed by atoms with van der Waals surface area (Å²) in [6.07, 6.45) is 3.38. The van der Waals surface area contributed by atoms with E-state index >= 15 is 0 Å². The van der Waals surface area contributed by atoms with Crippen LogP contribution in [0.2, 0.25) is 0 Å². The SMILES string of the molecule is O=c1[nH]c2nnnn2c2c1C[C@@]1(O)[C@H]3Cc4ccc(O)c5c4[C@@]1(CCN3CC1CC1)[C@H]2O5. The molecule has 3 aliphatic carbocycles. The number of aromatic amines is 1. The number of aromatic hydroxyl groups is 1. The average molecular weight is 434 g/mol. The van der Waals surface area contributed by atoms with Crippen LogP contribution in [0.5, 0.6) is 11.5 Å². The van der Waals surface area contributed by atoms with E-state index in [2.05, 4.69) is 25.4 Å². The van der Waals surface area contributed by atoms with Crippen molar-refractivity contribution >= 4 is 5.78 Å². The van der Waals surface area contributed by atoms with Gasteiger partial charge in [0.2, 0.25) is 0 Å². The monoisotopic (exact) mass is 434 g/mol. The highest BCUT2D eigenvalue weighted by Crippen LogP contribution is 2.68. The van der Waals surface area contributed by atoms with Gasteiger partial charge in [0.1, 0.15) is 0 Å². The lowest BCUT2D eigenvalue weighted by atomic mass is 9.49. The molecule has 0 amide bonds. The molecule has 5 aliphatic rings. The van der Waals surface area contributed by atoms with Crippen LogP contribution >= 0.6 is 0 Å². The number of hydrogen-bond donors (Lipinski definition) is 3. The Morgan fingerprint density at radius 3 is 3.03 bits per heavy atom. The maximum atomic E-state index is 13.1. The maximum Gasteiger partial charge on any atom is 0.256 e. The zero-order valence-corrected chi connectivity index (χ0v) is 17.3. The summed E-state index contributed by atoms with van der Waals surface area (Å²) in [5, 5.41) is 35.1. The molecule has 1 saturated carbocycles. The molecular formula is C22H22N6O4. The number of tetrazole rings is 1. The van der Waals surface area contributed by atoms with Crippen LogP contribution in [0.3, 0.4) is 0 Å². The summed E-state index contributed by atoms with van der Waals surface area (Å²) in [5.41, 5.74) is 0.791. The molecule has 0 radical (unpaired) electrons. The Balaban J connectivity index is 1.46. The molecule has 3 N–H and O–H groups in total. The fourth-order valence-electron chi connectivity index (χ4n) is 7.21. The highest BCUT2D eigenvalue weighted by atomic mass is 16.5. The van der Waals surface area contributed by atoms with Gasteiger partial charge in [-0.25, -0.2) is 0 Å². The highest BCUT2D eigenvalue weighted by Gasteiger charge is 2.73. The molecule has 1 aromatic carbocycles. The van der Waals surface area contributed by atoms with E-state index in [9.17, 15) is 15.0 Å². The molecular weight excluding hydrogens is 412 g/mol. The van der Waals surface area contributed by atoms with Crippen molar-refractivity contribution < 1.29 is 14.9 Å². The summed E-state index contributed by atoms with van der Waals surface area (Å²) in [5.74, 6) is 1.43. The largest absolute Gasteiger partial charge is 0.504 e. The number of H-pyrrole nitrogens is 1. The molecule has 4 atom stereocenters. The molecule has 1 saturated heterocycles. The number of nitrogens with zero attached hydrogens (tertiary/aromatic N) is 5. The summed E-state index contributed by atoms with van der Waals surface area (Å²) >= 11 is 0. The number of likely N-dealkylation sites (tertiary alicyclic amines) is 1. The second kappa shape index (κ2) is 5.32. The number of hydrogen-bond acceptors (Lipinski definition) is 8. The molecule has 3 aromatic rings. The quantitative estimate of drug-likeness (QED) is 0.522. The van der Waals surface area contributed by atoms with Crippen LogP contribution in [-0.2, 0) is 18.3 Å². The Hall–Kier alpha value is -2.98. The van der Waals surface area contributed by atoms with Crippen molar-refractivity contribution in [3.63, 3.8) is 0 Å². The Morgan fingerprint density at radius 2 is 2.19 bits per heavy atom. The number of aliphatic hydroxyl groups is 1. The van der Waals surface area contributed by atoms with Gasteiger partial charge in [-0.15, -0.1) is 0 Å². The van der Waals surface area contributed by atoms with Crippen molar-refractivity contribution in [3.8, 4) is 11.5 Å². The first-order chi connectivity index (χ1) is 15.5. The van der Waals surface area contributed by atoms with Gasteiger partial charge in [0.25, 0.3) is 11.3 Å². The van der Waals surface area contributed by atoms with E-state index in [0.29, 0.717) is 35.8 Å². The fraction of sp³-hybridized carbons (Fsp3) is 0.545. The van der Waals surface area contributed by atoms with Crippen molar-refractivity contribution in [2.75, 3.05) is 13.1 Å². The van der Waals surface area contributed by atoms with Crippen LogP contribution in [0.15, 0.2) is 16.9 Å². The third-order valence-electron chi connectivity index (χ3n) is 8.71. The van der Waals surface area contributed by atoms with E-state index in [1.807, 2.05) is 6.07 Å². The molecule has 2 bridgehead atoms. The Bertz CT molecular complexity index is 1400. The summed E-state index contributed by atoms with van der Waals surface area (Å²) in [7, 11) is 0. The first kappa shape index (κ1) is 17.6. The fourth-order valence-corrected chi connectivity index (χ4v) is 7.21. The predicted molar refractivity (Wildman–Crippen MR) is 110 cm³/mol. The van der Waals surface area contributed by atoms with Crippen LogP contribution < -0.4 is 10.3 Å². The molecule has 32 heavy (non-hydrogen) atoms. The molecule has 10 nitrogen and oxygen atoms in total. The van der Waals surface area contributed by atoms with Gasteiger partial charge < -0.3 is 14.9 Å². The third kappa shape index (κ3) is 1.79. The van der Waals surface area contributed by atoms with Crippen LogP contribution in [0.4, 0.5) is 0 Å². The minimum absolute atomic E-state index is 0.0630. The van der Waals surface area contributed by atoms with Crippen LogP contribution in [-0.4, -0.2) is 64.9 Å². The summed E-state index contributed by atoms with van der Waals surface area (Å²) in [6.45, 7) is 1.82. The molecule has 10 heteroatoms. The summed E-state index contributed by atoms with van der Waals surface area (Å²) < 4.78 is 7.99. The Morgan fingerprint density at radius 1 is 1.31 bits per heavy atom. The molecule has 2 aromatic heterocycles. The minimum Gasteiger partial charge on any atom is -0.504 e.